The van der Waals surface area contributed by atoms with Gasteiger partial charge in [0, 0.05) is 12.4 Å². The van der Waals surface area contributed by atoms with Gasteiger partial charge in [-0.05, 0) is 25.5 Å². The molecule has 0 aliphatic carbocycles. The molecule has 1 aliphatic rings. The number of nitrogens with one attached hydrogen (secondary N) is 1. The summed E-state index contributed by atoms with van der Waals surface area (Å²) in [6, 6.07) is 2.24. The van der Waals surface area contributed by atoms with Crippen LogP contribution in [0.1, 0.15) is 24.7 Å². The summed E-state index contributed by atoms with van der Waals surface area (Å²) in [5.74, 6) is 0.935. The molecule has 3 heteroatoms. The van der Waals surface area contributed by atoms with E-state index in [-0.39, 0.29) is 0 Å². The van der Waals surface area contributed by atoms with Crippen LogP contribution in [0.3, 0.4) is 0 Å². The van der Waals surface area contributed by atoms with Crippen molar-refractivity contribution in [1.29, 1.82) is 0 Å². The normalized spacial score (nSPS) is 23.8. The summed E-state index contributed by atoms with van der Waals surface area (Å²) in [5, 5.41) is 3.35. The lowest BCUT2D eigenvalue weighted by molar-refractivity contribution is 0.604. The van der Waals surface area contributed by atoms with Crippen molar-refractivity contribution in [1.82, 2.24) is 15.3 Å². The molecule has 1 aromatic rings. The standard InChI is InChI=1S/C8H11N3/c1-3-7(9-4-1)8-10-5-2-6-11-8/h2,5-7,9H,1,3-4H2/t7-/m0/s1. The average Bonchev–Trinajstić information content (AvgIpc) is 2.58. The fourth-order valence-electron chi connectivity index (χ4n) is 1.40. The monoisotopic (exact) mass is 149 g/mol. The van der Waals surface area contributed by atoms with Crippen molar-refractivity contribution < 1.29 is 0 Å². The van der Waals surface area contributed by atoms with E-state index < -0.39 is 0 Å². The van der Waals surface area contributed by atoms with Crippen LogP contribution in [0.25, 0.3) is 0 Å². The highest BCUT2D eigenvalue weighted by atomic mass is 15.0. The maximum atomic E-state index is 4.19. The molecular formula is C8H11N3. The molecule has 1 aromatic heterocycles. The zero-order valence-corrected chi connectivity index (χ0v) is 6.33. The molecule has 1 N–H and O–H groups in total. The third-order valence-corrected chi connectivity index (χ3v) is 1.96. The fraction of sp³-hybridized carbons (Fsp3) is 0.500. The van der Waals surface area contributed by atoms with Crippen molar-refractivity contribution >= 4 is 0 Å². The molecule has 0 bridgehead atoms. The second-order valence-corrected chi connectivity index (χ2v) is 2.76. The molecule has 0 radical (unpaired) electrons. The first-order valence-electron chi connectivity index (χ1n) is 3.97. The lowest BCUT2D eigenvalue weighted by Crippen LogP contribution is -2.15. The third kappa shape index (κ3) is 1.38. The van der Waals surface area contributed by atoms with Gasteiger partial charge in [0.25, 0.3) is 0 Å². The van der Waals surface area contributed by atoms with Crippen LogP contribution in [0.5, 0.6) is 0 Å². The molecule has 1 aliphatic heterocycles. The molecule has 0 spiro atoms. The summed E-state index contributed by atoms with van der Waals surface area (Å²) in [5.41, 5.74) is 0. The Labute approximate surface area is 65.9 Å². The molecule has 11 heavy (non-hydrogen) atoms. The molecule has 58 valence electrons. The average molecular weight is 149 g/mol. The van der Waals surface area contributed by atoms with Gasteiger partial charge in [-0.25, -0.2) is 9.97 Å². The van der Waals surface area contributed by atoms with Crippen molar-refractivity contribution in [2.75, 3.05) is 6.54 Å². The van der Waals surface area contributed by atoms with Gasteiger partial charge in [-0.15, -0.1) is 0 Å². The van der Waals surface area contributed by atoms with E-state index >= 15 is 0 Å². The van der Waals surface area contributed by atoms with Crippen LogP contribution < -0.4 is 5.32 Å². The van der Waals surface area contributed by atoms with Gasteiger partial charge in [0.2, 0.25) is 0 Å². The minimum atomic E-state index is 0.399. The summed E-state index contributed by atoms with van der Waals surface area (Å²) in [4.78, 5) is 8.37. The Balaban J connectivity index is 2.16. The summed E-state index contributed by atoms with van der Waals surface area (Å²) >= 11 is 0. The second kappa shape index (κ2) is 2.96. The Morgan fingerprint density at radius 3 is 2.82 bits per heavy atom. The third-order valence-electron chi connectivity index (χ3n) is 1.96. The van der Waals surface area contributed by atoms with Crippen LogP contribution >= 0.6 is 0 Å². The van der Waals surface area contributed by atoms with Crippen molar-refractivity contribution in [3.8, 4) is 0 Å². The van der Waals surface area contributed by atoms with E-state index in [1.165, 1.54) is 12.8 Å². The smallest absolute Gasteiger partial charge is 0.145 e. The minimum Gasteiger partial charge on any atom is -0.307 e. The summed E-state index contributed by atoms with van der Waals surface area (Å²) in [7, 11) is 0. The van der Waals surface area contributed by atoms with E-state index in [1.807, 2.05) is 6.07 Å². The maximum Gasteiger partial charge on any atom is 0.145 e. The molecule has 0 aromatic carbocycles. The molecule has 0 saturated carbocycles. The van der Waals surface area contributed by atoms with Gasteiger partial charge in [0.1, 0.15) is 5.82 Å². The van der Waals surface area contributed by atoms with Gasteiger partial charge >= 0.3 is 0 Å². The van der Waals surface area contributed by atoms with Crippen LogP contribution in [-0.4, -0.2) is 16.5 Å². The number of hydrogen-bond donors (Lipinski definition) is 1. The van der Waals surface area contributed by atoms with Crippen molar-refractivity contribution in [2.24, 2.45) is 0 Å². The lowest BCUT2D eigenvalue weighted by Gasteiger charge is -2.06. The lowest BCUT2D eigenvalue weighted by atomic mass is 10.2. The van der Waals surface area contributed by atoms with E-state index in [0.29, 0.717) is 6.04 Å². The predicted molar refractivity (Wildman–Crippen MR) is 42.0 cm³/mol. The first kappa shape index (κ1) is 6.73. The first-order chi connectivity index (χ1) is 5.47. The van der Waals surface area contributed by atoms with Crippen molar-refractivity contribution in [3.05, 3.63) is 24.3 Å². The van der Waals surface area contributed by atoms with E-state index in [1.54, 1.807) is 12.4 Å². The summed E-state index contributed by atoms with van der Waals surface area (Å²) < 4.78 is 0. The Morgan fingerprint density at radius 2 is 2.18 bits per heavy atom. The fourth-order valence-corrected chi connectivity index (χ4v) is 1.40. The summed E-state index contributed by atoms with van der Waals surface area (Å²) in [6.07, 6.45) is 6.00. The van der Waals surface area contributed by atoms with Crippen LogP contribution in [0.2, 0.25) is 0 Å². The zero-order chi connectivity index (χ0) is 7.52. The Morgan fingerprint density at radius 1 is 1.36 bits per heavy atom. The van der Waals surface area contributed by atoms with Gasteiger partial charge in [-0.2, -0.15) is 0 Å². The van der Waals surface area contributed by atoms with Gasteiger partial charge in [-0.3, -0.25) is 0 Å². The van der Waals surface area contributed by atoms with Gasteiger partial charge in [0.05, 0.1) is 6.04 Å². The second-order valence-electron chi connectivity index (χ2n) is 2.76. The molecule has 1 saturated heterocycles. The molecule has 0 amide bonds. The molecule has 1 atom stereocenters. The first-order valence-corrected chi connectivity index (χ1v) is 3.97. The SMILES string of the molecule is c1cnc([C@@H]2CCCN2)nc1. The Hall–Kier alpha value is -0.960. The number of nitrogens with zero attached hydrogens (tertiary/aromatic N) is 2. The Kier molecular flexibility index (Phi) is 1.81. The van der Waals surface area contributed by atoms with E-state index in [4.69, 9.17) is 0 Å². The quantitative estimate of drug-likeness (QED) is 0.644. The molecule has 2 heterocycles. The number of rotatable bonds is 1. The molecule has 0 unspecified atom stereocenters. The van der Waals surface area contributed by atoms with Gasteiger partial charge < -0.3 is 5.32 Å². The van der Waals surface area contributed by atoms with E-state index in [0.717, 1.165) is 12.4 Å². The number of aromatic nitrogens is 2. The van der Waals surface area contributed by atoms with Crippen LogP contribution in [0, 0.1) is 0 Å². The largest absolute Gasteiger partial charge is 0.307 e. The van der Waals surface area contributed by atoms with E-state index in [9.17, 15) is 0 Å². The molecule has 3 nitrogen and oxygen atoms in total. The minimum absolute atomic E-state index is 0.399. The topological polar surface area (TPSA) is 37.8 Å². The predicted octanol–water partition coefficient (Wildman–Crippen LogP) is 0.901. The van der Waals surface area contributed by atoms with Gasteiger partial charge in [-0.1, -0.05) is 0 Å². The van der Waals surface area contributed by atoms with Crippen molar-refractivity contribution in [2.45, 2.75) is 18.9 Å². The van der Waals surface area contributed by atoms with Crippen LogP contribution in [0.4, 0.5) is 0 Å². The molecule has 1 fully saturated rings. The summed E-state index contributed by atoms with van der Waals surface area (Å²) in [6.45, 7) is 1.10. The van der Waals surface area contributed by atoms with Crippen LogP contribution in [-0.2, 0) is 0 Å². The number of hydrogen-bond acceptors (Lipinski definition) is 3. The van der Waals surface area contributed by atoms with Crippen LogP contribution in [0.15, 0.2) is 18.5 Å². The van der Waals surface area contributed by atoms with Gasteiger partial charge in [0.15, 0.2) is 0 Å². The highest BCUT2D eigenvalue weighted by Gasteiger charge is 2.17. The highest BCUT2D eigenvalue weighted by molar-refractivity contribution is 4.97. The maximum absolute atomic E-state index is 4.19. The highest BCUT2D eigenvalue weighted by Crippen LogP contribution is 2.18. The molecular weight excluding hydrogens is 138 g/mol. The Bertz CT molecular complexity index is 216. The van der Waals surface area contributed by atoms with Crippen molar-refractivity contribution in [3.63, 3.8) is 0 Å². The van der Waals surface area contributed by atoms with E-state index in [2.05, 4.69) is 15.3 Å². The zero-order valence-electron chi connectivity index (χ0n) is 6.33. The molecule has 2 rings (SSSR count).